The molecule has 3 aromatic rings. The Labute approximate surface area is 163 Å². The van der Waals surface area contributed by atoms with Gasteiger partial charge < -0.3 is 4.90 Å². The lowest BCUT2D eigenvalue weighted by Crippen LogP contribution is -2.20. The van der Waals surface area contributed by atoms with Crippen LogP contribution in [0.2, 0.25) is 0 Å². The summed E-state index contributed by atoms with van der Waals surface area (Å²) in [5.74, 6) is 0. The zero-order chi connectivity index (χ0) is 18.6. The predicted octanol–water partition coefficient (Wildman–Crippen LogP) is 5.66. The minimum absolute atomic E-state index is 0.333. The summed E-state index contributed by atoms with van der Waals surface area (Å²) < 4.78 is 25.7. The van der Waals surface area contributed by atoms with Gasteiger partial charge in [-0.1, -0.05) is 18.2 Å². The summed E-state index contributed by atoms with van der Waals surface area (Å²) in [5, 5.41) is 1.26. The van der Waals surface area contributed by atoms with Gasteiger partial charge in [0.05, 0.1) is 9.90 Å². The Morgan fingerprint density at radius 1 is 0.846 bits per heavy atom. The second-order valence-electron chi connectivity index (χ2n) is 5.65. The maximum atomic E-state index is 12.6. The van der Waals surface area contributed by atoms with Crippen LogP contribution in [0.1, 0.15) is 23.6 Å². The fraction of sp³-hybridized carbons (Fsp3) is 0.200. The van der Waals surface area contributed by atoms with Crippen molar-refractivity contribution in [2.75, 3.05) is 18.0 Å². The van der Waals surface area contributed by atoms with E-state index in [2.05, 4.69) is 30.9 Å². The molecule has 0 saturated heterocycles. The number of rotatable bonds is 7. The first-order chi connectivity index (χ1) is 12.5. The van der Waals surface area contributed by atoms with Gasteiger partial charge in [0.25, 0.3) is 0 Å². The first-order valence-corrected chi connectivity index (χ1v) is 11.6. The molecule has 2 aromatic heterocycles. The van der Waals surface area contributed by atoms with E-state index in [1.807, 2.05) is 24.3 Å². The molecule has 6 heteroatoms. The molecule has 26 heavy (non-hydrogen) atoms. The zero-order valence-electron chi connectivity index (χ0n) is 14.8. The first-order valence-electron chi connectivity index (χ1n) is 8.47. The summed E-state index contributed by atoms with van der Waals surface area (Å²) in [5.41, 5.74) is 0. The van der Waals surface area contributed by atoms with Crippen molar-refractivity contribution < 1.29 is 8.42 Å². The molecule has 0 aliphatic carbocycles. The van der Waals surface area contributed by atoms with Gasteiger partial charge in [0.2, 0.25) is 9.84 Å². The minimum atomic E-state index is -3.43. The third-order valence-corrected chi connectivity index (χ3v) is 8.44. The molecule has 0 saturated carbocycles. The van der Waals surface area contributed by atoms with Crippen molar-refractivity contribution in [2.45, 2.75) is 23.0 Å². The smallest absolute Gasteiger partial charge is 0.215 e. The molecule has 3 nitrogen and oxygen atoms in total. The summed E-state index contributed by atoms with van der Waals surface area (Å²) in [6.45, 7) is 6.29. The molecular formula is C20H21NO2S3. The van der Waals surface area contributed by atoms with Crippen LogP contribution in [0.25, 0.3) is 12.2 Å². The second-order valence-corrected chi connectivity index (χ2v) is 10.0. The molecule has 0 fully saturated rings. The average Bonchev–Trinajstić information content (AvgIpc) is 3.32. The van der Waals surface area contributed by atoms with E-state index >= 15 is 0 Å². The predicted molar refractivity (Wildman–Crippen MR) is 113 cm³/mol. The Morgan fingerprint density at radius 3 is 2.12 bits per heavy atom. The van der Waals surface area contributed by atoms with Crippen LogP contribution in [-0.4, -0.2) is 21.5 Å². The monoisotopic (exact) mass is 403 g/mol. The first kappa shape index (κ1) is 18.9. The highest BCUT2D eigenvalue weighted by Gasteiger charge is 2.19. The topological polar surface area (TPSA) is 37.4 Å². The number of nitrogens with zero attached hydrogens (tertiary/aromatic N) is 1. The van der Waals surface area contributed by atoms with Crippen molar-refractivity contribution in [2.24, 2.45) is 0 Å². The molecule has 136 valence electrons. The maximum absolute atomic E-state index is 12.6. The van der Waals surface area contributed by atoms with Crippen LogP contribution >= 0.6 is 22.7 Å². The highest BCUT2D eigenvalue weighted by atomic mass is 32.2. The van der Waals surface area contributed by atoms with Crippen molar-refractivity contribution in [3.05, 3.63) is 64.4 Å². The van der Waals surface area contributed by atoms with E-state index in [-0.39, 0.29) is 0 Å². The van der Waals surface area contributed by atoms with E-state index in [1.54, 1.807) is 41.7 Å². The van der Waals surface area contributed by atoms with E-state index in [0.29, 0.717) is 9.10 Å². The van der Waals surface area contributed by atoms with Crippen molar-refractivity contribution in [3.8, 4) is 0 Å². The number of thiophene rings is 2. The largest absolute Gasteiger partial charge is 0.364 e. The number of sulfone groups is 1. The number of anilines is 1. The molecule has 1 aromatic carbocycles. The molecule has 0 amide bonds. The van der Waals surface area contributed by atoms with E-state index in [1.165, 1.54) is 16.3 Å². The zero-order valence-corrected chi connectivity index (χ0v) is 17.2. The number of hydrogen-bond acceptors (Lipinski definition) is 5. The lowest BCUT2D eigenvalue weighted by Gasteiger charge is -2.17. The van der Waals surface area contributed by atoms with E-state index < -0.39 is 9.84 Å². The third kappa shape index (κ3) is 4.09. The lowest BCUT2D eigenvalue weighted by atomic mass is 10.3. The lowest BCUT2D eigenvalue weighted by molar-refractivity contribution is 0.598. The Hall–Kier alpha value is -1.89. The molecule has 0 N–H and O–H groups in total. The van der Waals surface area contributed by atoms with Crippen molar-refractivity contribution in [1.82, 2.24) is 0 Å². The molecular weight excluding hydrogens is 382 g/mol. The van der Waals surface area contributed by atoms with Crippen LogP contribution in [0.15, 0.2) is 63.7 Å². The van der Waals surface area contributed by atoms with Gasteiger partial charge in [-0.2, -0.15) is 0 Å². The fourth-order valence-corrected chi connectivity index (χ4v) is 6.27. The highest BCUT2D eigenvalue weighted by Crippen LogP contribution is 2.30. The average molecular weight is 404 g/mol. The van der Waals surface area contributed by atoms with Crippen LogP contribution in [-0.2, 0) is 9.84 Å². The summed E-state index contributed by atoms with van der Waals surface area (Å²) in [7, 11) is -3.43. The standard InChI is InChI=1S/C20H21NO2S3/c1-3-21(4-2)19-14-12-16(24-19)10-11-17-13-15-20(25-17)26(22,23)18-8-6-5-7-9-18/h5-15H,3-4H2,1-2H3/b11-10+. The van der Waals surface area contributed by atoms with Crippen LogP contribution in [0.3, 0.4) is 0 Å². The normalized spacial score (nSPS) is 11.9. The second kappa shape index (κ2) is 8.20. The molecule has 0 radical (unpaired) electrons. The maximum Gasteiger partial charge on any atom is 0.215 e. The SMILES string of the molecule is CCN(CC)c1ccc(/C=C/c2ccc(S(=O)(=O)c3ccccc3)s2)s1. The van der Waals surface area contributed by atoms with Crippen LogP contribution in [0.5, 0.6) is 0 Å². The summed E-state index contributed by atoms with van der Waals surface area (Å²) in [6, 6.07) is 16.3. The fourth-order valence-electron chi connectivity index (χ4n) is 2.59. The molecule has 0 aliphatic heterocycles. The van der Waals surface area contributed by atoms with Gasteiger partial charge in [-0.25, -0.2) is 8.42 Å². The van der Waals surface area contributed by atoms with Gasteiger partial charge in [-0.3, -0.25) is 0 Å². The van der Waals surface area contributed by atoms with Crippen molar-refractivity contribution in [1.29, 1.82) is 0 Å². The van der Waals surface area contributed by atoms with E-state index in [9.17, 15) is 8.42 Å². The van der Waals surface area contributed by atoms with Crippen molar-refractivity contribution >= 4 is 49.7 Å². The molecule has 3 rings (SSSR count). The summed E-state index contributed by atoms with van der Waals surface area (Å²) in [6.07, 6.45) is 4.02. The Bertz CT molecular complexity index is 981. The van der Waals surface area contributed by atoms with Crippen LogP contribution in [0.4, 0.5) is 5.00 Å². The molecule has 0 bridgehead atoms. The number of hydrogen-bond donors (Lipinski definition) is 0. The molecule has 0 atom stereocenters. The minimum Gasteiger partial charge on any atom is -0.364 e. The summed E-state index contributed by atoms with van der Waals surface area (Å²) >= 11 is 3.04. The highest BCUT2D eigenvalue weighted by molar-refractivity contribution is 7.93. The Morgan fingerprint density at radius 2 is 1.46 bits per heavy atom. The van der Waals surface area contributed by atoms with Gasteiger partial charge in [0.15, 0.2) is 0 Å². The van der Waals surface area contributed by atoms with Gasteiger partial charge in [-0.05, 0) is 62.4 Å². The van der Waals surface area contributed by atoms with Gasteiger partial charge in [0, 0.05) is 22.8 Å². The number of benzene rings is 1. The van der Waals surface area contributed by atoms with Crippen molar-refractivity contribution in [3.63, 3.8) is 0 Å². The molecule has 0 spiro atoms. The summed E-state index contributed by atoms with van der Waals surface area (Å²) in [4.78, 5) is 4.74. The van der Waals surface area contributed by atoms with Gasteiger partial charge in [0.1, 0.15) is 4.21 Å². The molecule has 2 heterocycles. The van der Waals surface area contributed by atoms with E-state index in [0.717, 1.165) is 22.8 Å². The Kier molecular flexibility index (Phi) is 5.96. The van der Waals surface area contributed by atoms with E-state index in [4.69, 9.17) is 0 Å². The van der Waals surface area contributed by atoms with Crippen LogP contribution < -0.4 is 4.90 Å². The molecule has 0 unspecified atom stereocenters. The Balaban J connectivity index is 1.78. The van der Waals surface area contributed by atoms with Gasteiger partial charge in [-0.15, -0.1) is 22.7 Å². The third-order valence-electron chi connectivity index (χ3n) is 4.02. The quantitative estimate of drug-likeness (QED) is 0.511. The van der Waals surface area contributed by atoms with Gasteiger partial charge >= 0.3 is 0 Å². The van der Waals surface area contributed by atoms with Crippen LogP contribution in [0, 0.1) is 0 Å². The molecule has 0 aliphatic rings.